The molecule has 2 unspecified atom stereocenters. The fourth-order valence-corrected chi connectivity index (χ4v) is 6.97. The van der Waals surface area contributed by atoms with E-state index in [-0.39, 0.29) is 58.9 Å². The van der Waals surface area contributed by atoms with Gasteiger partial charge < -0.3 is 31.7 Å². The number of benzene rings is 2. The van der Waals surface area contributed by atoms with Crippen molar-refractivity contribution in [3.05, 3.63) is 135 Å². The van der Waals surface area contributed by atoms with E-state index in [2.05, 4.69) is 59.4 Å². The van der Waals surface area contributed by atoms with Gasteiger partial charge in [0, 0.05) is 60.4 Å². The van der Waals surface area contributed by atoms with Crippen LogP contribution in [0.15, 0.2) is 113 Å². The molecule has 7 rings (SSSR count). The highest BCUT2D eigenvalue weighted by atomic mass is 32.1. The Balaban J connectivity index is 0.00000118. The predicted octanol–water partition coefficient (Wildman–Crippen LogP) is 3.89. The van der Waals surface area contributed by atoms with Crippen molar-refractivity contribution in [1.82, 2.24) is 30.6 Å². The Labute approximate surface area is 364 Å². The van der Waals surface area contributed by atoms with Crippen molar-refractivity contribution < 1.29 is 38.3 Å². The van der Waals surface area contributed by atoms with Crippen molar-refractivity contribution >= 4 is 81.2 Å². The number of carbonyl (C=O) groups excluding carboxylic acids is 7. The zero-order valence-corrected chi connectivity index (χ0v) is 34.6. The molecule has 0 saturated carbocycles. The summed E-state index contributed by atoms with van der Waals surface area (Å²) in [6.07, 6.45) is 15.1. The molecule has 0 fully saturated rings. The van der Waals surface area contributed by atoms with Gasteiger partial charge in [0.05, 0.1) is 18.4 Å². The van der Waals surface area contributed by atoms with Crippen LogP contribution in [-0.4, -0.2) is 74.0 Å². The standard InChI is InChI=1S/C42H41N9O5S.2CO2/c1-24-6-16-32-34(20-24)56-35-21-31(53)15-17-33(35)36(32)25-7-13-28(14-8-25)49-42(57)45-19-3-5-30(52)4-2-18-44-39(54)26-9-11-27(12-10-26)46-22-29-23-47-38-37(48-29)40(55)51-41(43)50-38;2*2-1-3/h6-17,20-21,23,32,34,46H,2-5,18-19,22H2,1H3,(H,44,54)(H2,45,49,57)(H3,43,47,50,51,55);;. The third-order valence-electron chi connectivity index (χ3n) is 9.58. The second kappa shape index (κ2) is 22.6. The Morgan fingerprint density at radius 1 is 0.889 bits per heavy atom. The van der Waals surface area contributed by atoms with E-state index in [1.807, 2.05) is 37.3 Å². The summed E-state index contributed by atoms with van der Waals surface area (Å²) >= 11 is 5.50. The quantitative estimate of drug-likeness (QED) is 0.0774. The van der Waals surface area contributed by atoms with Gasteiger partial charge in [0.1, 0.15) is 17.6 Å². The van der Waals surface area contributed by atoms with E-state index in [0.717, 1.165) is 33.7 Å². The smallest absolute Gasteiger partial charge is 0.373 e. The highest BCUT2D eigenvalue weighted by Gasteiger charge is 2.35. The number of anilines is 3. The van der Waals surface area contributed by atoms with Crippen LogP contribution in [0.5, 0.6) is 0 Å². The van der Waals surface area contributed by atoms with Crippen LogP contribution in [0.3, 0.4) is 0 Å². The van der Waals surface area contributed by atoms with Crippen LogP contribution in [0.2, 0.25) is 0 Å². The predicted molar refractivity (Wildman–Crippen MR) is 233 cm³/mol. The number of nitrogens with two attached hydrogens (primary N) is 1. The third-order valence-corrected chi connectivity index (χ3v) is 9.83. The lowest BCUT2D eigenvalue weighted by Gasteiger charge is -2.36. The van der Waals surface area contributed by atoms with Gasteiger partial charge >= 0.3 is 12.3 Å². The summed E-state index contributed by atoms with van der Waals surface area (Å²) in [5.74, 6) is 0.411. The molecule has 18 nitrogen and oxygen atoms in total. The van der Waals surface area contributed by atoms with Crippen molar-refractivity contribution in [2.45, 2.75) is 45.3 Å². The number of aromatic nitrogens is 4. The first kappa shape index (κ1) is 46.1. The molecule has 7 N–H and O–H groups in total. The number of rotatable bonds is 14. The number of nitrogens with zero attached hydrogens (tertiary/aromatic N) is 3. The number of carbonyl (C=O) groups is 3. The fourth-order valence-electron chi connectivity index (χ4n) is 6.75. The van der Waals surface area contributed by atoms with Crippen molar-refractivity contribution in [2.24, 2.45) is 5.92 Å². The van der Waals surface area contributed by atoms with E-state index in [0.29, 0.717) is 67.4 Å². The Hall–Kier alpha value is -7.98. The number of thiocarbonyl (C=S) groups is 1. The number of aromatic amines is 1. The zero-order chi connectivity index (χ0) is 45.3. The lowest BCUT2D eigenvalue weighted by molar-refractivity contribution is -0.193. The number of H-pyrrole nitrogens is 1. The van der Waals surface area contributed by atoms with Gasteiger partial charge in [-0.15, -0.1) is 0 Å². The number of hydrogen-bond donors (Lipinski definition) is 6. The summed E-state index contributed by atoms with van der Waals surface area (Å²) in [6.45, 7) is 3.26. The molecule has 19 heteroatoms. The number of amides is 1. The molecule has 0 saturated heterocycles. The second-order valence-electron chi connectivity index (χ2n) is 14.0. The topological polar surface area (TPSA) is 274 Å². The maximum absolute atomic E-state index is 12.6. The molecule has 0 radical (unpaired) electrons. The first-order chi connectivity index (χ1) is 30.4. The Morgan fingerprint density at radius 3 is 2.25 bits per heavy atom. The minimum absolute atomic E-state index is 0.0230. The molecule has 1 amide bonds. The molecule has 1 aliphatic heterocycles. The minimum atomic E-state index is -0.460. The van der Waals surface area contributed by atoms with Gasteiger partial charge in [0.25, 0.3) is 11.5 Å². The van der Waals surface area contributed by atoms with E-state index < -0.39 is 5.56 Å². The van der Waals surface area contributed by atoms with Gasteiger partial charge in [-0.1, -0.05) is 29.9 Å². The zero-order valence-electron chi connectivity index (χ0n) is 33.8. The number of ketones is 2. The number of Topliss-reactive ketones (excluding diaryl/α,β-unsaturated/α-hetero) is 1. The average Bonchev–Trinajstić information content (AvgIpc) is 3.26. The molecule has 3 aliphatic rings. The van der Waals surface area contributed by atoms with Crippen molar-refractivity contribution in [3.63, 3.8) is 0 Å². The van der Waals surface area contributed by atoms with Gasteiger partial charge in [0.15, 0.2) is 22.1 Å². The molecule has 3 heterocycles. The fraction of sp³-hybridized carbons (Fsp3) is 0.227. The normalized spacial score (nSPS) is 15.5. The van der Waals surface area contributed by atoms with Gasteiger partial charge in [-0.05, 0) is 97.7 Å². The number of nitrogens with one attached hydrogen (secondary N) is 5. The molecule has 322 valence electrons. The summed E-state index contributed by atoms with van der Waals surface area (Å²) in [4.78, 5) is 96.7. The average molecular weight is 872 g/mol. The number of allylic oxidation sites excluding steroid dienone is 5. The largest absolute Gasteiger partial charge is 0.485 e. The summed E-state index contributed by atoms with van der Waals surface area (Å²) in [6, 6.07) is 15.0. The Kier molecular flexibility index (Phi) is 16.5. The first-order valence-corrected chi connectivity index (χ1v) is 19.8. The van der Waals surface area contributed by atoms with Crippen LogP contribution in [-0.2, 0) is 40.0 Å². The van der Waals surface area contributed by atoms with Gasteiger partial charge in [-0.3, -0.25) is 24.2 Å². The van der Waals surface area contributed by atoms with Gasteiger partial charge in [-0.25, -0.2) is 9.97 Å². The molecular formula is C44H41N9O9S. The molecule has 2 aliphatic carbocycles. The number of hydrogen-bond acceptors (Lipinski definition) is 15. The van der Waals surface area contributed by atoms with Crippen LogP contribution in [0, 0.1) is 5.92 Å². The van der Waals surface area contributed by atoms with Crippen LogP contribution in [0.25, 0.3) is 16.7 Å². The first-order valence-electron chi connectivity index (χ1n) is 19.4. The maximum atomic E-state index is 12.6. The van der Waals surface area contributed by atoms with E-state index >= 15 is 0 Å². The van der Waals surface area contributed by atoms with Crippen LogP contribution in [0.4, 0.5) is 17.3 Å². The van der Waals surface area contributed by atoms with Gasteiger partial charge in [-0.2, -0.15) is 24.2 Å². The number of nitrogen functional groups attached to an aromatic ring is 1. The van der Waals surface area contributed by atoms with E-state index in [4.69, 9.17) is 41.9 Å². The molecular weight excluding hydrogens is 831 g/mol. The highest BCUT2D eigenvalue weighted by Crippen LogP contribution is 2.44. The van der Waals surface area contributed by atoms with Crippen LogP contribution in [0.1, 0.15) is 54.2 Å². The SMILES string of the molecule is CC1=CC2OC3=CC(=O)C=CC3=C(c3ccc(NC(=S)NCCCC(=O)CCCNC(=O)c4ccc(NCc5cnc6nc(N)[nH]c(=O)c6n5)cc4)cc3)C2C=C1.O=C=O.O=C=O. The molecule has 4 aromatic rings. The number of ether oxygens (including phenoxy) is 1. The Bertz CT molecular complexity index is 2650. The van der Waals surface area contributed by atoms with Crippen molar-refractivity contribution in [2.75, 3.05) is 29.5 Å². The lowest BCUT2D eigenvalue weighted by Crippen LogP contribution is -2.30. The third kappa shape index (κ3) is 13.0. The Morgan fingerprint density at radius 2 is 1.56 bits per heavy atom. The molecule has 0 spiro atoms. The van der Waals surface area contributed by atoms with E-state index in [1.165, 1.54) is 6.20 Å². The highest BCUT2D eigenvalue weighted by molar-refractivity contribution is 7.80. The molecule has 0 bridgehead atoms. The molecule has 2 atom stereocenters. The molecule has 2 aromatic heterocycles. The maximum Gasteiger partial charge on any atom is 0.373 e. The number of fused-ring (bicyclic) bond motifs is 3. The van der Waals surface area contributed by atoms with Crippen molar-refractivity contribution in [3.8, 4) is 0 Å². The van der Waals surface area contributed by atoms with Crippen LogP contribution < -0.4 is 32.6 Å². The van der Waals surface area contributed by atoms with Crippen LogP contribution >= 0.6 is 12.2 Å². The lowest BCUT2D eigenvalue weighted by atomic mass is 9.78. The molecule has 2 aromatic carbocycles. The van der Waals surface area contributed by atoms with E-state index in [9.17, 15) is 19.2 Å². The molecule has 63 heavy (non-hydrogen) atoms. The minimum Gasteiger partial charge on any atom is -0.485 e. The van der Waals surface area contributed by atoms with Gasteiger partial charge in [0.2, 0.25) is 5.95 Å². The summed E-state index contributed by atoms with van der Waals surface area (Å²) in [5.41, 5.74) is 12.2. The summed E-state index contributed by atoms with van der Waals surface area (Å²) in [5, 5.41) is 12.9. The second-order valence-corrected chi connectivity index (χ2v) is 14.4. The van der Waals surface area contributed by atoms with E-state index in [1.54, 1.807) is 36.4 Å². The van der Waals surface area contributed by atoms with Crippen molar-refractivity contribution in [1.29, 1.82) is 0 Å². The summed E-state index contributed by atoms with van der Waals surface area (Å²) in [7, 11) is 0. The monoisotopic (exact) mass is 871 g/mol. The summed E-state index contributed by atoms with van der Waals surface area (Å²) < 4.78 is 6.22.